The van der Waals surface area contributed by atoms with E-state index >= 15 is 0 Å². The molecule has 0 heterocycles. The summed E-state index contributed by atoms with van der Waals surface area (Å²) in [5.74, 6) is -0.247. The maximum Gasteiger partial charge on any atom is 0.323 e. The van der Waals surface area contributed by atoms with Crippen LogP contribution in [0.3, 0.4) is 0 Å². The van der Waals surface area contributed by atoms with Crippen LogP contribution in [0.2, 0.25) is 0 Å². The zero-order chi connectivity index (χ0) is 14.9. The van der Waals surface area contributed by atoms with Gasteiger partial charge in [0.2, 0.25) is 0 Å². The number of esters is 1. The molecule has 1 aliphatic carbocycles. The number of ether oxygens (including phenoxy) is 1. The van der Waals surface area contributed by atoms with Crippen LogP contribution < -0.4 is 5.73 Å². The zero-order valence-corrected chi connectivity index (χ0v) is 12.8. The number of hydrogen-bond acceptors (Lipinski definition) is 3. The van der Waals surface area contributed by atoms with Crippen LogP contribution in [0.25, 0.3) is 0 Å². The van der Waals surface area contributed by atoms with Gasteiger partial charge in [-0.05, 0) is 37.7 Å². The first kappa shape index (κ1) is 16.0. The Balaban J connectivity index is 1.81. The van der Waals surface area contributed by atoms with E-state index in [1.807, 2.05) is 30.3 Å². The van der Waals surface area contributed by atoms with Gasteiger partial charge in [0, 0.05) is 0 Å². The monoisotopic (exact) mass is 289 g/mol. The summed E-state index contributed by atoms with van der Waals surface area (Å²) in [5, 5.41) is 0. The molecule has 1 atom stereocenters. The smallest absolute Gasteiger partial charge is 0.323 e. The first-order valence-corrected chi connectivity index (χ1v) is 8.25. The molecule has 1 fully saturated rings. The minimum Gasteiger partial charge on any atom is -0.461 e. The maximum atomic E-state index is 12.2. The van der Waals surface area contributed by atoms with Crippen molar-refractivity contribution in [3.8, 4) is 0 Å². The molecule has 3 heteroatoms. The van der Waals surface area contributed by atoms with Crippen LogP contribution in [-0.2, 0) is 16.0 Å². The number of carbonyl (C=O) groups excluding carboxylic acids is 1. The lowest BCUT2D eigenvalue weighted by Crippen LogP contribution is -2.36. The molecular weight excluding hydrogens is 262 g/mol. The molecule has 0 radical (unpaired) electrons. The van der Waals surface area contributed by atoms with Crippen LogP contribution in [0.15, 0.2) is 30.3 Å². The third kappa shape index (κ3) is 5.88. The fourth-order valence-electron chi connectivity index (χ4n) is 2.92. The predicted molar refractivity (Wildman–Crippen MR) is 84.9 cm³/mol. The van der Waals surface area contributed by atoms with Crippen molar-refractivity contribution in [2.45, 2.75) is 69.9 Å². The van der Waals surface area contributed by atoms with E-state index in [9.17, 15) is 4.79 Å². The molecule has 116 valence electrons. The summed E-state index contributed by atoms with van der Waals surface area (Å²) in [5.41, 5.74) is 7.07. The van der Waals surface area contributed by atoms with Gasteiger partial charge in [-0.2, -0.15) is 0 Å². The molecule has 1 saturated carbocycles. The van der Waals surface area contributed by atoms with E-state index in [1.165, 1.54) is 25.7 Å². The summed E-state index contributed by atoms with van der Waals surface area (Å²) in [6, 6.07) is 9.32. The van der Waals surface area contributed by atoms with E-state index in [0.717, 1.165) is 31.2 Å². The van der Waals surface area contributed by atoms with Gasteiger partial charge in [-0.1, -0.05) is 56.0 Å². The van der Waals surface area contributed by atoms with Gasteiger partial charge in [-0.25, -0.2) is 0 Å². The van der Waals surface area contributed by atoms with Gasteiger partial charge in [-0.3, -0.25) is 4.79 Å². The van der Waals surface area contributed by atoms with Gasteiger partial charge in [0.05, 0.1) is 0 Å². The molecule has 0 unspecified atom stereocenters. The Morgan fingerprint density at radius 1 is 1.05 bits per heavy atom. The van der Waals surface area contributed by atoms with Crippen molar-refractivity contribution in [3.05, 3.63) is 35.9 Å². The molecule has 0 aliphatic heterocycles. The van der Waals surface area contributed by atoms with E-state index in [0.29, 0.717) is 6.42 Å². The van der Waals surface area contributed by atoms with E-state index in [4.69, 9.17) is 10.5 Å². The largest absolute Gasteiger partial charge is 0.461 e. The van der Waals surface area contributed by atoms with Crippen molar-refractivity contribution >= 4 is 5.97 Å². The first-order valence-electron chi connectivity index (χ1n) is 8.25. The summed E-state index contributed by atoms with van der Waals surface area (Å²) < 4.78 is 5.65. The van der Waals surface area contributed by atoms with Gasteiger partial charge in [0.1, 0.15) is 12.1 Å². The first-order chi connectivity index (χ1) is 10.3. The summed E-state index contributed by atoms with van der Waals surface area (Å²) in [4.78, 5) is 12.2. The lowest BCUT2D eigenvalue weighted by Gasteiger charge is -2.19. The molecule has 1 aromatic carbocycles. The van der Waals surface area contributed by atoms with Crippen LogP contribution in [0.5, 0.6) is 0 Å². The second-order valence-corrected chi connectivity index (χ2v) is 6.05. The summed E-state index contributed by atoms with van der Waals surface area (Å²) in [7, 11) is 0. The molecule has 1 aromatic rings. The highest BCUT2D eigenvalue weighted by Gasteiger charge is 2.20. The van der Waals surface area contributed by atoms with Crippen LogP contribution >= 0.6 is 0 Å². The second-order valence-electron chi connectivity index (χ2n) is 6.05. The van der Waals surface area contributed by atoms with Crippen molar-refractivity contribution in [3.63, 3.8) is 0 Å². The van der Waals surface area contributed by atoms with E-state index < -0.39 is 6.04 Å². The molecule has 3 nitrogen and oxygen atoms in total. The average molecular weight is 289 g/mol. The van der Waals surface area contributed by atoms with Crippen molar-refractivity contribution in [2.24, 2.45) is 5.73 Å². The summed E-state index contributed by atoms with van der Waals surface area (Å²) >= 11 is 0. The SMILES string of the molecule is N[C@@H](Cc1ccccc1)C(=O)OC1CCCCCCCC1. The van der Waals surface area contributed by atoms with Crippen LogP contribution in [0, 0.1) is 0 Å². The topological polar surface area (TPSA) is 52.3 Å². The maximum absolute atomic E-state index is 12.2. The average Bonchev–Trinajstić information content (AvgIpc) is 2.62. The fourth-order valence-corrected chi connectivity index (χ4v) is 2.92. The van der Waals surface area contributed by atoms with Crippen molar-refractivity contribution in [1.29, 1.82) is 0 Å². The van der Waals surface area contributed by atoms with Crippen LogP contribution in [0.4, 0.5) is 0 Å². The third-order valence-electron chi connectivity index (χ3n) is 4.19. The van der Waals surface area contributed by atoms with Gasteiger partial charge < -0.3 is 10.5 Å². The third-order valence-corrected chi connectivity index (χ3v) is 4.19. The van der Waals surface area contributed by atoms with E-state index in [2.05, 4.69) is 0 Å². The van der Waals surface area contributed by atoms with Crippen LogP contribution in [0.1, 0.15) is 56.9 Å². The number of nitrogens with two attached hydrogens (primary N) is 1. The molecule has 2 rings (SSSR count). The van der Waals surface area contributed by atoms with Gasteiger partial charge in [-0.15, -0.1) is 0 Å². The predicted octanol–water partition coefficient (Wildman–Crippen LogP) is 3.60. The second kappa shape index (κ2) is 8.83. The Hall–Kier alpha value is -1.35. The molecule has 0 aromatic heterocycles. The lowest BCUT2D eigenvalue weighted by atomic mass is 10.1. The highest BCUT2D eigenvalue weighted by atomic mass is 16.5. The minimum atomic E-state index is -0.556. The standard InChI is InChI=1S/C18H27NO2/c19-17(14-15-10-6-5-7-11-15)18(20)21-16-12-8-3-1-2-4-9-13-16/h5-7,10-11,16-17H,1-4,8-9,12-14,19H2/t17-/m0/s1. The van der Waals surface area contributed by atoms with E-state index in [1.54, 1.807) is 0 Å². The number of rotatable bonds is 4. The number of carbonyl (C=O) groups is 1. The molecule has 2 N–H and O–H groups in total. The molecular formula is C18H27NO2. The highest BCUT2D eigenvalue weighted by Crippen LogP contribution is 2.19. The molecule has 21 heavy (non-hydrogen) atoms. The summed E-state index contributed by atoms with van der Waals surface area (Å²) in [6.07, 6.45) is 10.0. The Labute approximate surface area is 127 Å². The normalized spacial score (nSPS) is 19.1. The molecule has 0 spiro atoms. The zero-order valence-electron chi connectivity index (χ0n) is 12.8. The van der Waals surface area contributed by atoms with Gasteiger partial charge in [0.15, 0.2) is 0 Å². The minimum absolute atomic E-state index is 0.0671. The molecule has 0 saturated heterocycles. The molecule has 1 aliphatic rings. The van der Waals surface area contributed by atoms with Gasteiger partial charge >= 0.3 is 5.97 Å². The number of hydrogen-bond donors (Lipinski definition) is 1. The van der Waals surface area contributed by atoms with E-state index in [-0.39, 0.29) is 12.1 Å². The highest BCUT2D eigenvalue weighted by molar-refractivity contribution is 5.76. The Morgan fingerprint density at radius 2 is 1.62 bits per heavy atom. The Morgan fingerprint density at radius 3 is 2.24 bits per heavy atom. The van der Waals surface area contributed by atoms with Gasteiger partial charge in [0.25, 0.3) is 0 Å². The van der Waals surface area contributed by atoms with Crippen LogP contribution in [-0.4, -0.2) is 18.1 Å². The summed E-state index contributed by atoms with van der Waals surface area (Å²) in [6.45, 7) is 0. The fraction of sp³-hybridized carbons (Fsp3) is 0.611. The lowest BCUT2D eigenvalue weighted by molar-refractivity contribution is -0.151. The molecule has 0 amide bonds. The van der Waals surface area contributed by atoms with Crippen molar-refractivity contribution in [2.75, 3.05) is 0 Å². The Kier molecular flexibility index (Phi) is 6.74. The number of benzene rings is 1. The van der Waals surface area contributed by atoms with Crippen molar-refractivity contribution in [1.82, 2.24) is 0 Å². The van der Waals surface area contributed by atoms with Crippen molar-refractivity contribution < 1.29 is 9.53 Å². The molecule has 0 bridgehead atoms. The Bertz CT molecular complexity index is 408. The quantitative estimate of drug-likeness (QED) is 0.862.